The number of hydrogen-bond acceptors (Lipinski definition) is 5. The summed E-state index contributed by atoms with van der Waals surface area (Å²) in [5.41, 5.74) is 1.01. The van der Waals surface area contributed by atoms with Crippen LogP contribution in [0.3, 0.4) is 0 Å². The van der Waals surface area contributed by atoms with Gasteiger partial charge in [-0.05, 0) is 44.7 Å². The van der Waals surface area contributed by atoms with Crippen molar-refractivity contribution in [2.45, 2.75) is 44.7 Å². The van der Waals surface area contributed by atoms with Gasteiger partial charge >= 0.3 is 0 Å². The Morgan fingerprint density at radius 1 is 1.07 bits per heavy atom. The first-order chi connectivity index (χ1) is 13.3. The van der Waals surface area contributed by atoms with Gasteiger partial charge in [-0.3, -0.25) is 4.79 Å². The van der Waals surface area contributed by atoms with E-state index in [9.17, 15) is 13.6 Å². The maximum Gasteiger partial charge on any atom is 0.251 e. The molecule has 1 amide bonds. The molecule has 0 bridgehead atoms. The molecule has 1 aliphatic carbocycles. The summed E-state index contributed by atoms with van der Waals surface area (Å²) in [6.45, 7) is 1.97. The van der Waals surface area contributed by atoms with Gasteiger partial charge in [-0.2, -0.15) is 4.98 Å². The molecule has 1 fully saturated rings. The predicted octanol–water partition coefficient (Wildman–Crippen LogP) is 3.28. The Balaban J connectivity index is 1.53. The number of anilines is 2. The van der Waals surface area contributed by atoms with Crippen LogP contribution in [0, 0.1) is 18.6 Å². The highest BCUT2D eigenvalue weighted by atomic mass is 19.1. The number of rotatable bonds is 5. The van der Waals surface area contributed by atoms with Crippen molar-refractivity contribution in [3.8, 4) is 0 Å². The Morgan fingerprint density at radius 2 is 1.68 bits per heavy atom. The second kappa shape index (κ2) is 8.50. The highest BCUT2D eigenvalue weighted by Gasteiger charge is 2.24. The summed E-state index contributed by atoms with van der Waals surface area (Å²) < 4.78 is 26.6. The molecule has 2 aromatic rings. The minimum absolute atomic E-state index is 0.00187. The number of aryl methyl sites for hydroxylation is 1. The molecule has 1 aromatic heterocycles. The molecule has 8 heteroatoms. The van der Waals surface area contributed by atoms with Gasteiger partial charge in [-0.25, -0.2) is 13.8 Å². The third-order valence-corrected chi connectivity index (χ3v) is 4.89. The average molecular weight is 389 g/mol. The van der Waals surface area contributed by atoms with E-state index in [0.29, 0.717) is 5.95 Å². The second-order valence-corrected chi connectivity index (χ2v) is 7.42. The number of amides is 1. The number of nitrogens with zero attached hydrogens (tertiary/aromatic N) is 3. The molecule has 0 aliphatic heterocycles. The van der Waals surface area contributed by atoms with E-state index in [-0.39, 0.29) is 17.6 Å². The van der Waals surface area contributed by atoms with Gasteiger partial charge < -0.3 is 15.5 Å². The zero-order valence-electron chi connectivity index (χ0n) is 16.3. The summed E-state index contributed by atoms with van der Waals surface area (Å²) in [6, 6.07) is 3.04. The number of carbonyl (C=O) groups is 1. The van der Waals surface area contributed by atoms with Crippen molar-refractivity contribution in [2.75, 3.05) is 24.3 Å². The minimum Gasteiger partial charge on any atom is -0.362 e. The van der Waals surface area contributed by atoms with E-state index in [2.05, 4.69) is 20.6 Å². The standard InChI is InChI=1S/C20H25F2N5O/c1-12-11-23-20(26-18(12)27(2)3)25-17-6-4-16(5-7-17)24-19(28)13-8-14(21)10-15(22)9-13/h8-11,16-17H,4-7H2,1-3H3,(H,24,28)(H,23,25,26). The molecule has 6 nitrogen and oxygen atoms in total. The summed E-state index contributed by atoms with van der Waals surface area (Å²) in [5.74, 6) is -0.494. The quantitative estimate of drug-likeness (QED) is 0.821. The molecular weight excluding hydrogens is 364 g/mol. The van der Waals surface area contributed by atoms with Crippen molar-refractivity contribution in [2.24, 2.45) is 0 Å². The molecule has 1 saturated carbocycles. The van der Waals surface area contributed by atoms with Gasteiger partial charge in [0.1, 0.15) is 17.5 Å². The van der Waals surface area contributed by atoms with E-state index in [0.717, 1.165) is 55.3 Å². The Bertz CT molecular complexity index is 830. The van der Waals surface area contributed by atoms with Crippen LogP contribution in [0.5, 0.6) is 0 Å². The number of carbonyl (C=O) groups excluding carboxylic acids is 1. The van der Waals surface area contributed by atoms with Gasteiger partial charge in [0.25, 0.3) is 5.91 Å². The minimum atomic E-state index is -0.756. The largest absolute Gasteiger partial charge is 0.362 e. The zero-order chi connectivity index (χ0) is 20.3. The molecule has 0 atom stereocenters. The van der Waals surface area contributed by atoms with Gasteiger partial charge in [0.05, 0.1) is 0 Å². The normalized spacial score (nSPS) is 19.2. The van der Waals surface area contributed by atoms with E-state index in [1.807, 2.05) is 25.9 Å². The summed E-state index contributed by atoms with van der Waals surface area (Å²) in [4.78, 5) is 23.1. The predicted molar refractivity (Wildman–Crippen MR) is 105 cm³/mol. The number of halogens is 2. The van der Waals surface area contributed by atoms with E-state index >= 15 is 0 Å². The maximum atomic E-state index is 13.3. The molecule has 0 unspecified atom stereocenters. The molecule has 2 N–H and O–H groups in total. The first kappa shape index (κ1) is 20.0. The van der Waals surface area contributed by atoms with Crippen LogP contribution < -0.4 is 15.5 Å². The Labute approximate surface area is 163 Å². The lowest BCUT2D eigenvalue weighted by Gasteiger charge is -2.30. The molecule has 1 aromatic carbocycles. The smallest absolute Gasteiger partial charge is 0.251 e. The van der Waals surface area contributed by atoms with Gasteiger partial charge in [-0.1, -0.05) is 0 Å². The zero-order valence-corrected chi connectivity index (χ0v) is 16.3. The lowest BCUT2D eigenvalue weighted by atomic mass is 9.91. The van der Waals surface area contributed by atoms with E-state index in [1.165, 1.54) is 0 Å². The van der Waals surface area contributed by atoms with Crippen LogP contribution in [-0.2, 0) is 0 Å². The number of aromatic nitrogens is 2. The molecule has 3 rings (SSSR count). The van der Waals surface area contributed by atoms with Crippen LogP contribution in [0.1, 0.15) is 41.6 Å². The van der Waals surface area contributed by atoms with Crippen molar-refractivity contribution in [3.63, 3.8) is 0 Å². The Kier molecular flexibility index (Phi) is 6.06. The molecule has 28 heavy (non-hydrogen) atoms. The fraction of sp³-hybridized carbons (Fsp3) is 0.450. The van der Waals surface area contributed by atoms with Crippen molar-refractivity contribution < 1.29 is 13.6 Å². The van der Waals surface area contributed by atoms with Crippen LogP contribution >= 0.6 is 0 Å². The van der Waals surface area contributed by atoms with Gasteiger partial charge in [0.2, 0.25) is 5.95 Å². The molecule has 0 spiro atoms. The lowest BCUT2D eigenvalue weighted by Crippen LogP contribution is -2.40. The molecule has 1 aliphatic rings. The highest BCUT2D eigenvalue weighted by Crippen LogP contribution is 2.23. The molecular formula is C20H25F2N5O. The Morgan fingerprint density at radius 3 is 2.29 bits per heavy atom. The molecule has 0 radical (unpaired) electrons. The number of hydrogen-bond donors (Lipinski definition) is 2. The molecule has 0 saturated heterocycles. The highest BCUT2D eigenvalue weighted by molar-refractivity contribution is 5.94. The first-order valence-corrected chi connectivity index (χ1v) is 9.36. The van der Waals surface area contributed by atoms with Crippen LogP contribution in [0.25, 0.3) is 0 Å². The van der Waals surface area contributed by atoms with Gasteiger partial charge in [-0.15, -0.1) is 0 Å². The Hall–Kier alpha value is -2.77. The van der Waals surface area contributed by atoms with E-state index < -0.39 is 17.5 Å². The van der Waals surface area contributed by atoms with Crippen LogP contribution in [-0.4, -0.2) is 42.1 Å². The maximum absolute atomic E-state index is 13.3. The van der Waals surface area contributed by atoms with Crippen LogP contribution in [0.4, 0.5) is 20.5 Å². The van der Waals surface area contributed by atoms with Crippen molar-refractivity contribution in [1.82, 2.24) is 15.3 Å². The van der Waals surface area contributed by atoms with Crippen molar-refractivity contribution in [3.05, 3.63) is 47.2 Å². The lowest BCUT2D eigenvalue weighted by molar-refractivity contribution is 0.0925. The third-order valence-electron chi connectivity index (χ3n) is 4.89. The van der Waals surface area contributed by atoms with Gasteiger partial charge in [0, 0.05) is 49.6 Å². The first-order valence-electron chi connectivity index (χ1n) is 9.36. The van der Waals surface area contributed by atoms with Crippen LogP contribution in [0.15, 0.2) is 24.4 Å². The second-order valence-electron chi connectivity index (χ2n) is 7.42. The molecule has 1 heterocycles. The number of benzene rings is 1. The van der Waals surface area contributed by atoms with E-state index in [1.54, 1.807) is 6.20 Å². The monoisotopic (exact) mass is 389 g/mol. The number of nitrogens with one attached hydrogen (secondary N) is 2. The third kappa shape index (κ3) is 4.94. The summed E-state index contributed by atoms with van der Waals surface area (Å²) in [5, 5.41) is 6.23. The van der Waals surface area contributed by atoms with Crippen molar-refractivity contribution >= 4 is 17.7 Å². The van der Waals surface area contributed by atoms with Crippen LogP contribution in [0.2, 0.25) is 0 Å². The van der Waals surface area contributed by atoms with E-state index in [4.69, 9.17) is 0 Å². The average Bonchev–Trinajstić information content (AvgIpc) is 2.64. The summed E-state index contributed by atoms with van der Waals surface area (Å²) in [6.07, 6.45) is 5.03. The van der Waals surface area contributed by atoms with Crippen molar-refractivity contribution in [1.29, 1.82) is 0 Å². The fourth-order valence-corrected chi connectivity index (χ4v) is 3.47. The molecule has 150 valence electrons. The fourth-order valence-electron chi connectivity index (χ4n) is 3.47. The SMILES string of the molecule is Cc1cnc(NC2CCC(NC(=O)c3cc(F)cc(F)c3)CC2)nc1N(C)C. The summed E-state index contributed by atoms with van der Waals surface area (Å²) >= 11 is 0. The topological polar surface area (TPSA) is 70.1 Å². The summed E-state index contributed by atoms with van der Waals surface area (Å²) in [7, 11) is 3.88. The van der Waals surface area contributed by atoms with Gasteiger partial charge in [0.15, 0.2) is 0 Å².